The number of halogens is 1. The number of nitrogens with two attached hydrogens (primary N) is 1. The van der Waals surface area contributed by atoms with Crippen LogP contribution in [0, 0.1) is 0 Å². The third kappa shape index (κ3) is 4.64. The maximum Gasteiger partial charge on any atom is 0.251 e. The Balaban J connectivity index is 0.00000225. The zero-order valence-corrected chi connectivity index (χ0v) is 10.3. The number of amides is 1. The topological polar surface area (TPSA) is 55.1 Å². The summed E-state index contributed by atoms with van der Waals surface area (Å²) in [5, 5.41) is 2.82. The van der Waals surface area contributed by atoms with E-state index in [1.807, 2.05) is 24.3 Å². The van der Waals surface area contributed by atoms with Crippen molar-refractivity contribution in [3.63, 3.8) is 0 Å². The fourth-order valence-electron chi connectivity index (χ4n) is 1.30. The van der Waals surface area contributed by atoms with Crippen LogP contribution in [0.2, 0.25) is 0 Å². The molecular weight excluding hydrogens is 224 g/mol. The van der Waals surface area contributed by atoms with Crippen molar-refractivity contribution in [1.29, 1.82) is 0 Å². The van der Waals surface area contributed by atoms with E-state index in [4.69, 9.17) is 5.73 Å². The summed E-state index contributed by atoms with van der Waals surface area (Å²) in [5.74, 6) is -0.0221. The maximum absolute atomic E-state index is 11.6. The molecule has 0 atom stereocenters. The molecule has 0 aliphatic rings. The van der Waals surface area contributed by atoms with Crippen molar-refractivity contribution in [3.05, 3.63) is 35.4 Å². The van der Waals surface area contributed by atoms with Crippen LogP contribution in [0.5, 0.6) is 0 Å². The average Bonchev–Trinajstić information content (AvgIpc) is 2.29. The van der Waals surface area contributed by atoms with Gasteiger partial charge in [0.2, 0.25) is 0 Å². The van der Waals surface area contributed by atoms with Gasteiger partial charge in [-0.3, -0.25) is 4.79 Å². The minimum absolute atomic E-state index is 0. The molecule has 0 fully saturated rings. The number of rotatable bonds is 5. The van der Waals surface area contributed by atoms with Crippen LogP contribution in [0.1, 0.15) is 29.3 Å². The first kappa shape index (κ1) is 14.9. The molecule has 0 unspecified atom stereocenters. The van der Waals surface area contributed by atoms with E-state index in [1.54, 1.807) is 0 Å². The molecule has 1 amide bonds. The number of carbonyl (C=O) groups excluding carboxylic acids is 1. The molecule has 0 saturated carbocycles. The lowest BCUT2D eigenvalue weighted by atomic mass is 10.1. The highest BCUT2D eigenvalue weighted by Gasteiger charge is 2.03. The first-order chi connectivity index (χ1) is 7.27. The van der Waals surface area contributed by atoms with Crippen molar-refractivity contribution in [2.45, 2.75) is 19.8 Å². The van der Waals surface area contributed by atoms with Crippen LogP contribution >= 0.6 is 12.4 Å². The van der Waals surface area contributed by atoms with Crippen LogP contribution in [0.4, 0.5) is 0 Å². The Hall–Kier alpha value is -1.06. The highest BCUT2D eigenvalue weighted by atomic mass is 35.5. The summed E-state index contributed by atoms with van der Waals surface area (Å²) in [5.41, 5.74) is 7.30. The standard InChI is InChI=1S/C12H18N2O.ClH/c1-2-10-4-6-11(7-5-10)12(15)14-9-3-8-13;/h4-7H,2-3,8-9,13H2,1H3,(H,14,15);1H. The molecule has 0 aliphatic heterocycles. The first-order valence-electron chi connectivity index (χ1n) is 5.35. The van der Waals surface area contributed by atoms with Crippen molar-refractivity contribution in [1.82, 2.24) is 5.32 Å². The molecule has 3 nitrogen and oxygen atoms in total. The van der Waals surface area contributed by atoms with E-state index in [0.29, 0.717) is 18.7 Å². The predicted octanol–water partition coefficient (Wildman–Crippen LogP) is 1.75. The Morgan fingerprint density at radius 2 is 1.94 bits per heavy atom. The van der Waals surface area contributed by atoms with Gasteiger partial charge in [0.05, 0.1) is 0 Å². The number of benzene rings is 1. The van der Waals surface area contributed by atoms with Crippen LogP contribution in [-0.2, 0) is 6.42 Å². The highest BCUT2D eigenvalue weighted by Crippen LogP contribution is 2.04. The first-order valence-corrected chi connectivity index (χ1v) is 5.35. The Labute approximate surface area is 103 Å². The van der Waals surface area contributed by atoms with Gasteiger partial charge in [0.1, 0.15) is 0 Å². The van der Waals surface area contributed by atoms with Crippen LogP contribution in [0.25, 0.3) is 0 Å². The number of aryl methyl sites for hydroxylation is 1. The second-order valence-corrected chi connectivity index (χ2v) is 3.45. The van der Waals surface area contributed by atoms with Gasteiger partial charge < -0.3 is 11.1 Å². The Morgan fingerprint density at radius 1 is 1.31 bits per heavy atom. The number of carbonyl (C=O) groups is 1. The molecule has 1 rings (SSSR count). The van der Waals surface area contributed by atoms with E-state index in [-0.39, 0.29) is 18.3 Å². The van der Waals surface area contributed by atoms with E-state index >= 15 is 0 Å². The SMILES string of the molecule is CCc1ccc(C(=O)NCCCN)cc1.Cl. The average molecular weight is 243 g/mol. The van der Waals surface area contributed by atoms with E-state index in [9.17, 15) is 4.79 Å². The summed E-state index contributed by atoms with van der Waals surface area (Å²) in [6, 6.07) is 7.68. The molecule has 0 radical (unpaired) electrons. The Kier molecular flexibility index (Phi) is 7.60. The summed E-state index contributed by atoms with van der Waals surface area (Å²) >= 11 is 0. The molecule has 16 heavy (non-hydrogen) atoms. The lowest BCUT2D eigenvalue weighted by Crippen LogP contribution is -2.25. The van der Waals surface area contributed by atoms with Gasteiger partial charge in [-0.15, -0.1) is 12.4 Å². The Bertz CT molecular complexity index is 311. The molecule has 0 aromatic heterocycles. The van der Waals surface area contributed by atoms with Crippen molar-refractivity contribution in [2.75, 3.05) is 13.1 Å². The van der Waals surface area contributed by atoms with Gasteiger partial charge in [0.25, 0.3) is 5.91 Å². The van der Waals surface area contributed by atoms with E-state index in [2.05, 4.69) is 12.2 Å². The summed E-state index contributed by atoms with van der Waals surface area (Å²) < 4.78 is 0. The van der Waals surface area contributed by atoms with Gasteiger partial charge in [0, 0.05) is 12.1 Å². The molecular formula is C12H19ClN2O. The highest BCUT2D eigenvalue weighted by molar-refractivity contribution is 5.94. The third-order valence-electron chi connectivity index (χ3n) is 2.29. The van der Waals surface area contributed by atoms with Crippen LogP contribution in [-0.4, -0.2) is 19.0 Å². The normalized spacial score (nSPS) is 9.38. The minimum Gasteiger partial charge on any atom is -0.352 e. The lowest BCUT2D eigenvalue weighted by molar-refractivity contribution is 0.0953. The van der Waals surface area contributed by atoms with Crippen molar-refractivity contribution in [2.24, 2.45) is 5.73 Å². The van der Waals surface area contributed by atoms with Gasteiger partial charge in [-0.1, -0.05) is 19.1 Å². The van der Waals surface area contributed by atoms with Gasteiger partial charge in [0.15, 0.2) is 0 Å². The molecule has 0 saturated heterocycles. The van der Waals surface area contributed by atoms with Crippen LogP contribution in [0.3, 0.4) is 0 Å². The largest absolute Gasteiger partial charge is 0.352 e. The van der Waals surface area contributed by atoms with E-state index < -0.39 is 0 Å². The van der Waals surface area contributed by atoms with Crippen LogP contribution in [0.15, 0.2) is 24.3 Å². The van der Waals surface area contributed by atoms with E-state index in [1.165, 1.54) is 5.56 Å². The molecule has 0 spiro atoms. The quantitative estimate of drug-likeness (QED) is 0.773. The second kappa shape index (κ2) is 8.13. The Morgan fingerprint density at radius 3 is 2.44 bits per heavy atom. The fourth-order valence-corrected chi connectivity index (χ4v) is 1.30. The number of hydrogen-bond acceptors (Lipinski definition) is 2. The smallest absolute Gasteiger partial charge is 0.251 e. The molecule has 1 aromatic rings. The van der Waals surface area contributed by atoms with Gasteiger partial charge in [-0.05, 0) is 37.1 Å². The molecule has 4 heteroatoms. The zero-order valence-electron chi connectivity index (χ0n) is 9.53. The van der Waals surface area contributed by atoms with Crippen LogP contribution < -0.4 is 11.1 Å². The maximum atomic E-state index is 11.6. The zero-order chi connectivity index (χ0) is 11.1. The third-order valence-corrected chi connectivity index (χ3v) is 2.29. The van der Waals surface area contributed by atoms with E-state index in [0.717, 1.165) is 12.8 Å². The summed E-state index contributed by atoms with van der Waals surface area (Å²) in [6.45, 7) is 3.34. The van der Waals surface area contributed by atoms with Crippen molar-refractivity contribution < 1.29 is 4.79 Å². The molecule has 0 aliphatic carbocycles. The predicted molar refractivity (Wildman–Crippen MR) is 69.1 cm³/mol. The van der Waals surface area contributed by atoms with Gasteiger partial charge >= 0.3 is 0 Å². The summed E-state index contributed by atoms with van der Waals surface area (Å²) in [4.78, 5) is 11.6. The fraction of sp³-hybridized carbons (Fsp3) is 0.417. The van der Waals surface area contributed by atoms with Gasteiger partial charge in [-0.2, -0.15) is 0 Å². The summed E-state index contributed by atoms with van der Waals surface area (Å²) in [6.07, 6.45) is 1.81. The number of hydrogen-bond donors (Lipinski definition) is 2. The molecule has 0 heterocycles. The summed E-state index contributed by atoms with van der Waals surface area (Å²) in [7, 11) is 0. The minimum atomic E-state index is -0.0221. The molecule has 90 valence electrons. The molecule has 1 aromatic carbocycles. The monoisotopic (exact) mass is 242 g/mol. The lowest BCUT2D eigenvalue weighted by Gasteiger charge is -2.04. The van der Waals surface area contributed by atoms with Crippen molar-refractivity contribution in [3.8, 4) is 0 Å². The van der Waals surface area contributed by atoms with Gasteiger partial charge in [-0.25, -0.2) is 0 Å². The second-order valence-electron chi connectivity index (χ2n) is 3.45. The molecule has 0 bridgehead atoms. The molecule has 3 N–H and O–H groups in total. The number of nitrogens with one attached hydrogen (secondary N) is 1. The van der Waals surface area contributed by atoms with Crippen molar-refractivity contribution >= 4 is 18.3 Å².